The summed E-state index contributed by atoms with van der Waals surface area (Å²) in [6.07, 6.45) is 0. The minimum Gasteiger partial charge on any atom is -0.504 e. The van der Waals surface area contributed by atoms with Crippen LogP contribution in [0.3, 0.4) is 0 Å². The molecule has 0 saturated carbocycles. The molecule has 1 heterocycles. The van der Waals surface area contributed by atoms with E-state index in [9.17, 15) is 14.7 Å². The number of hydrogen-bond donors (Lipinski definition) is 1. The van der Waals surface area contributed by atoms with Crippen LogP contribution in [0.5, 0.6) is 0 Å². The molecule has 2 aromatic carbocycles. The first kappa shape index (κ1) is 18.0. The molecule has 0 saturated heterocycles. The summed E-state index contributed by atoms with van der Waals surface area (Å²) in [5.74, 6) is -2.27. The molecule has 7 heteroatoms. The highest BCUT2D eigenvalue weighted by Crippen LogP contribution is 2.37. The van der Waals surface area contributed by atoms with Crippen LogP contribution in [0.1, 0.15) is 11.1 Å². The molecule has 0 spiro atoms. The van der Waals surface area contributed by atoms with Crippen LogP contribution >= 0.6 is 23.2 Å². The second-order valence-corrected chi connectivity index (χ2v) is 6.20. The highest BCUT2D eigenvalue weighted by atomic mass is 35.5. The molecule has 1 aliphatic heterocycles. The molecular weight excluding hydrogens is 379 g/mol. The van der Waals surface area contributed by atoms with Gasteiger partial charge in [0.15, 0.2) is 11.5 Å². The van der Waals surface area contributed by atoms with E-state index >= 15 is 0 Å². The smallest absolute Gasteiger partial charge is 0.348 e. The Labute approximate surface area is 159 Å². The van der Waals surface area contributed by atoms with Crippen molar-refractivity contribution in [3.8, 4) is 0 Å². The molecule has 0 unspecified atom stereocenters. The summed E-state index contributed by atoms with van der Waals surface area (Å²) in [5, 5.41) is 11.5. The molecule has 5 nitrogen and oxygen atoms in total. The van der Waals surface area contributed by atoms with Gasteiger partial charge in [-0.05, 0) is 35.4 Å². The Morgan fingerprint density at radius 2 is 1.54 bits per heavy atom. The number of benzene rings is 2. The number of halogens is 2. The van der Waals surface area contributed by atoms with Crippen LogP contribution in [0.15, 0.2) is 60.0 Å². The number of hydrogen-bond acceptors (Lipinski definition) is 5. The number of carbonyl (C=O) groups excluding carboxylic acids is 2. The van der Waals surface area contributed by atoms with E-state index in [0.717, 1.165) is 0 Å². The van der Waals surface area contributed by atoms with Crippen LogP contribution in [0.25, 0.3) is 11.1 Å². The lowest BCUT2D eigenvalue weighted by molar-refractivity contribution is -0.134. The summed E-state index contributed by atoms with van der Waals surface area (Å²) >= 11 is 11.7. The van der Waals surface area contributed by atoms with Gasteiger partial charge >= 0.3 is 11.9 Å². The predicted molar refractivity (Wildman–Crippen MR) is 97.5 cm³/mol. The molecule has 0 aliphatic carbocycles. The Hall–Kier alpha value is -2.76. The van der Waals surface area contributed by atoms with E-state index in [0.29, 0.717) is 21.2 Å². The zero-order valence-corrected chi connectivity index (χ0v) is 15.0. The third-order valence-electron chi connectivity index (χ3n) is 3.73. The summed E-state index contributed by atoms with van der Waals surface area (Å²) in [5.41, 5.74) is 0.645. The van der Waals surface area contributed by atoms with E-state index in [-0.39, 0.29) is 16.9 Å². The van der Waals surface area contributed by atoms with Crippen LogP contribution in [0.4, 0.5) is 0 Å². The number of methoxy groups -OCH3 is 1. The van der Waals surface area contributed by atoms with Gasteiger partial charge in [-0.2, -0.15) is 0 Å². The molecular formula is C19H12Cl2O5. The quantitative estimate of drug-likeness (QED) is 0.620. The average Bonchev–Trinajstić information content (AvgIpc) is 2.92. The number of ether oxygens (including phenoxy) is 2. The molecule has 132 valence electrons. The van der Waals surface area contributed by atoms with Crippen molar-refractivity contribution in [3.63, 3.8) is 0 Å². The normalized spacial score (nSPS) is 15.7. The van der Waals surface area contributed by atoms with Gasteiger partial charge < -0.3 is 14.6 Å². The SMILES string of the molecule is COC(=O)/C(=C1/OC(=O)C(c2ccc(Cl)cc2)=C1O)c1ccc(Cl)cc1. The number of cyclic esters (lactones) is 1. The molecule has 0 fully saturated rings. The van der Waals surface area contributed by atoms with Gasteiger partial charge in [-0.25, -0.2) is 9.59 Å². The zero-order valence-electron chi connectivity index (χ0n) is 13.5. The maximum absolute atomic E-state index is 12.3. The van der Waals surface area contributed by atoms with Crippen LogP contribution in [-0.2, 0) is 19.1 Å². The van der Waals surface area contributed by atoms with Crippen LogP contribution in [-0.4, -0.2) is 24.2 Å². The minimum absolute atomic E-state index is 0.0629. The molecule has 3 rings (SSSR count). The molecule has 2 aromatic rings. The highest BCUT2D eigenvalue weighted by molar-refractivity contribution is 6.31. The number of aliphatic hydroxyl groups excluding tert-OH is 1. The Bertz CT molecular complexity index is 941. The second kappa shape index (κ2) is 7.23. The maximum atomic E-state index is 12.3. The summed E-state index contributed by atoms with van der Waals surface area (Å²) in [6, 6.07) is 12.5. The largest absolute Gasteiger partial charge is 0.504 e. The molecule has 0 amide bonds. The van der Waals surface area contributed by atoms with Crippen LogP contribution in [0, 0.1) is 0 Å². The van der Waals surface area contributed by atoms with Gasteiger partial charge in [-0.3, -0.25) is 0 Å². The summed E-state index contributed by atoms with van der Waals surface area (Å²) in [6.45, 7) is 0. The Morgan fingerprint density at radius 3 is 2.08 bits per heavy atom. The van der Waals surface area contributed by atoms with Crippen molar-refractivity contribution in [2.75, 3.05) is 7.11 Å². The van der Waals surface area contributed by atoms with Crippen molar-refractivity contribution in [2.45, 2.75) is 0 Å². The molecule has 1 aliphatic rings. The molecule has 0 bridgehead atoms. The zero-order chi connectivity index (χ0) is 18.8. The number of rotatable bonds is 3. The van der Waals surface area contributed by atoms with Crippen LogP contribution < -0.4 is 0 Å². The monoisotopic (exact) mass is 390 g/mol. The fourth-order valence-electron chi connectivity index (χ4n) is 2.50. The summed E-state index contributed by atoms with van der Waals surface area (Å²) in [4.78, 5) is 24.6. The summed E-state index contributed by atoms with van der Waals surface area (Å²) < 4.78 is 9.97. The molecule has 0 aromatic heterocycles. The van der Waals surface area contributed by atoms with Crippen molar-refractivity contribution < 1.29 is 24.2 Å². The van der Waals surface area contributed by atoms with E-state index in [1.165, 1.54) is 7.11 Å². The van der Waals surface area contributed by atoms with Gasteiger partial charge in [-0.15, -0.1) is 0 Å². The van der Waals surface area contributed by atoms with Crippen molar-refractivity contribution in [2.24, 2.45) is 0 Å². The van der Waals surface area contributed by atoms with E-state index in [4.69, 9.17) is 32.7 Å². The minimum atomic E-state index is -0.782. The fraction of sp³-hybridized carbons (Fsp3) is 0.0526. The van der Waals surface area contributed by atoms with Gasteiger partial charge in [0.1, 0.15) is 11.1 Å². The topological polar surface area (TPSA) is 72.8 Å². The van der Waals surface area contributed by atoms with Crippen molar-refractivity contribution in [1.82, 2.24) is 0 Å². The lowest BCUT2D eigenvalue weighted by Crippen LogP contribution is -2.09. The lowest BCUT2D eigenvalue weighted by Gasteiger charge is -2.09. The third kappa shape index (κ3) is 3.31. The second-order valence-electron chi connectivity index (χ2n) is 5.32. The highest BCUT2D eigenvalue weighted by Gasteiger charge is 2.36. The first-order chi connectivity index (χ1) is 12.4. The van der Waals surface area contributed by atoms with E-state index in [1.54, 1.807) is 48.5 Å². The van der Waals surface area contributed by atoms with E-state index in [1.807, 2.05) is 0 Å². The average molecular weight is 391 g/mol. The number of carbonyl (C=O) groups is 2. The van der Waals surface area contributed by atoms with Crippen molar-refractivity contribution in [1.29, 1.82) is 0 Å². The standard InChI is InChI=1S/C19H12Cl2O5/c1-25-18(23)15(11-4-8-13(21)9-5-11)17-16(22)14(19(24)26-17)10-2-6-12(20)7-3-10/h2-9,22H,1H3/b17-15+. The predicted octanol–water partition coefficient (Wildman–Crippen LogP) is 4.40. The summed E-state index contributed by atoms with van der Waals surface area (Å²) in [7, 11) is 1.19. The molecule has 26 heavy (non-hydrogen) atoms. The molecule has 1 N–H and O–H groups in total. The molecule has 0 atom stereocenters. The van der Waals surface area contributed by atoms with E-state index < -0.39 is 17.7 Å². The lowest BCUT2D eigenvalue weighted by atomic mass is 10.0. The Kier molecular flexibility index (Phi) is 5.02. The third-order valence-corrected chi connectivity index (χ3v) is 4.24. The van der Waals surface area contributed by atoms with Gasteiger partial charge in [0.25, 0.3) is 0 Å². The van der Waals surface area contributed by atoms with Gasteiger partial charge in [0.05, 0.1) is 7.11 Å². The van der Waals surface area contributed by atoms with Crippen molar-refractivity contribution >= 4 is 46.3 Å². The van der Waals surface area contributed by atoms with Gasteiger partial charge in [-0.1, -0.05) is 47.5 Å². The first-order valence-electron chi connectivity index (χ1n) is 7.42. The molecule has 0 radical (unpaired) electrons. The van der Waals surface area contributed by atoms with Crippen LogP contribution in [0.2, 0.25) is 10.0 Å². The fourth-order valence-corrected chi connectivity index (χ4v) is 2.76. The maximum Gasteiger partial charge on any atom is 0.348 e. The number of esters is 2. The van der Waals surface area contributed by atoms with E-state index in [2.05, 4.69) is 0 Å². The Morgan fingerprint density at radius 1 is 1.00 bits per heavy atom. The first-order valence-corrected chi connectivity index (χ1v) is 8.18. The van der Waals surface area contributed by atoms with Gasteiger partial charge in [0, 0.05) is 10.0 Å². The van der Waals surface area contributed by atoms with Crippen molar-refractivity contribution in [3.05, 3.63) is 81.2 Å². The number of aliphatic hydroxyl groups is 1. The van der Waals surface area contributed by atoms with Gasteiger partial charge in [0.2, 0.25) is 0 Å². The Balaban J connectivity index is 2.20.